The van der Waals surface area contributed by atoms with Gasteiger partial charge in [0.05, 0.1) is 17.9 Å². The van der Waals surface area contributed by atoms with Crippen LogP contribution < -0.4 is 0 Å². The third-order valence-electron chi connectivity index (χ3n) is 5.93. The molecule has 1 spiro atoms. The van der Waals surface area contributed by atoms with Gasteiger partial charge in [-0.3, -0.25) is 4.68 Å². The van der Waals surface area contributed by atoms with Crippen LogP contribution in [0.15, 0.2) is 12.3 Å². The highest BCUT2D eigenvalue weighted by Crippen LogP contribution is 2.47. The molecule has 3 rings (SSSR count). The maximum absolute atomic E-state index is 11.0. The topological polar surface area (TPSA) is 70.8 Å². The van der Waals surface area contributed by atoms with E-state index in [1.165, 1.54) is 16.0 Å². The predicted octanol–water partition coefficient (Wildman–Crippen LogP) is 3.21. The van der Waals surface area contributed by atoms with E-state index in [4.69, 9.17) is 14.9 Å². The minimum atomic E-state index is -0.894. The fraction of sp³-hybridized carbons (Fsp3) is 0.714. The van der Waals surface area contributed by atoms with Crippen LogP contribution in [0.1, 0.15) is 50.8 Å². The lowest BCUT2D eigenvalue weighted by molar-refractivity contribution is -0.00368. The number of ether oxygens (including phenoxy) is 1. The molecule has 1 aliphatic heterocycles. The average Bonchev–Trinajstić information content (AvgIpc) is 3.12. The first-order valence-electron chi connectivity index (χ1n) is 10.1. The molecule has 0 radical (unpaired) electrons. The zero-order chi connectivity index (χ0) is 20.5. The number of aromatic nitrogens is 2. The molecular formula is C21H34N4O3. The van der Waals surface area contributed by atoms with Gasteiger partial charge in [0, 0.05) is 45.5 Å². The Hall–Kier alpha value is -1.86. The van der Waals surface area contributed by atoms with Gasteiger partial charge in [0.25, 0.3) is 0 Å². The Morgan fingerprint density at radius 1 is 1.36 bits per heavy atom. The van der Waals surface area contributed by atoms with Crippen molar-refractivity contribution < 1.29 is 14.6 Å². The molecule has 28 heavy (non-hydrogen) atoms. The zero-order valence-corrected chi connectivity index (χ0v) is 17.9. The van der Waals surface area contributed by atoms with Gasteiger partial charge in [0.15, 0.2) is 0 Å². The molecule has 0 saturated carbocycles. The summed E-state index contributed by atoms with van der Waals surface area (Å²) in [6.45, 7) is 7.34. The summed E-state index contributed by atoms with van der Waals surface area (Å²) in [6.07, 6.45) is 7.64. The molecule has 1 aromatic rings. The van der Waals surface area contributed by atoms with Crippen LogP contribution in [0.4, 0.5) is 4.79 Å². The molecule has 0 aromatic carbocycles. The summed E-state index contributed by atoms with van der Waals surface area (Å²) < 4.78 is 8.10. The van der Waals surface area contributed by atoms with Crippen molar-refractivity contribution in [3.05, 3.63) is 23.5 Å². The minimum absolute atomic E-state index is 0.0140. The fourth-order valence-electron chi connectivity index (χ4n) is 4.42. The van der Waals surface area contributed by atoms with E-state index >= 15 is 0 Å². The number of amides is 1. The maximum atomic E-state index is 11.0. The summed E-state index contributed by atoms with van der Waals surface area (Å²) in [5, 5.41) is 13.7. The molecule has 0 bridgehead atoms. The first-order chi connectivity index (χ1) is 13.1. The number of carboxylic acid groups (broad SMARTS) is 1. The summed E-state index contributed by atoms with van der Waals surface area (Å²) in [4.78, 5) is 14.4. The summed E-state index contributed by atoms with van der Waals surface area (Å²) >= 11 is 0. The molecule has 7 nitrogen and oxygen atoms in total. The van der Waals surface area contributed by atoms with Gasteiger partial charge >= 0.3 is 6.09 Å². The molecule has 1 N–H and O–H groups in total. The number of nitrogens with zero attached hydrogens (tertiary/aromatic N) is 4. The molecule has 1 atom stereocenters. The molecule has 1 unspecified atom stereocenters. The normalized spacial score (nSPS) is 24.0. The van der Waals surface area contributed by atoms with Gasteiger partial charge in [-0.05, 0) is 43.7 Å². The second-order valence-electron chi connectivity index (χ2n) is 9.36. The van der Waals surface area contributed by atoms with Gasteiger partial charge < -0.3 is 19.6 Å². The van der Waals surface area contributed by atoms with Crippen LogP contribution in [0.5, 0.6) is 0 Å². The van der Waals surface area contributed by atoms with Gasteiger partial charge in [-0.2, -0.15) is 5.10 Å². The number of allylic oxidation sites excluding steroid dienone is 1. The Balaban J connectivity index is 1.66. The van der Waals surface area contributed by atoms with Crippen LogP contribution in [-0.2, 0) is 18.3 Å². The highest BCUT2D eigenvalue weighted by molar-refractivity contribution is 5.66. The van der Waals surface area contributed by atoms with Gasteiger partial charge in [-0.15, -0.1) is 0 Å². The SMILES string of the molecule is CN(CCN(C)C(=O)O)Cc1cn(C)nc1C1=CCC2(CC1)CC(C)(C)CO2. The third kappa shape index (κ3) is 4.75. The van der Waals surface area contributed by atoms with Crippen LogP contribution >= 0.6 is 0 Å². The van der Waals surface area contributed by atoms with Crippen LogP contribution in [0.25, 0.3) is 5.57 Å². The molecular weight excluding hydrogens is 356 g/mol. The highest BCUT2D eigenvalue weighted by atomic mass is 16.5. The third-order valence-corrected chi connectivity index (χ3v) is 5.93. The van der Waals surface area contributed by atoms with Gasteiger partial charge in [-0.25, -0.2) is 4.79 Å². The zero-order valence-electron chi connectivity index (χ0n) is 17.9. The Morgan fingerprint density at radius 3 is 2.68 bits per heavy atom. The number of hydrogen-bond donors (Lipinski definition) is 1. The number of hydrogen-bond acceptors (Lipinski definition) is 4. The largest absolute Gasteiger partial charge is 0.465 e. The Morgan fingerprint density at radius 2 is 2.11 bits per heavy atom. The van der Waals surface area contributed by atoms with E-state index in [2.05, 4.69) is 31.0 Å². The average molecular weight is 391 g/mol. The molecule has 156 valence electrons. The van der Waals surface area contributed by atoms with Crippen LogP contribution in [-0.4, -0.2) is 70.2 Å². The van der Waals surface area contributed by atoms with E-state index < -0.39 is 6.09 Å². The lowest BCUT2D eigenvalue weighted by Gasteiger charge is -2.32. The number of carbonyl (C=O) groups is 1. The summed E-state index contributed by atoms with van der Waals surface area (Å²) in [5.41, 5.74) is 3.87. The molecule has 1 aromatic heterocycles. The lowest BCUT2D eigenvalue weighted by atomic mass is 9.76. The molecule has 2 heterocycles. The monoisotopic (exact) mass is 390 g/mol. The van der Waals surface area contributed by atoms with Gasteiger partial charge in [0.1, 0.15) is 0 Å². The van der Waals surface area contributed by atoms with Crippen LogP contribution in [0.3, 0.4) is 0 Å². The Bertz CT molecular complexity index is 755. The Labute approximate surface area is 167 Å². The van der Waals surface area contributed by atoms with Crippen molar-refractivity contribution in [2.75, 3.05) is 33.8 Å². The van der Waals surface area contributed by atoms with Gasteiger partial charge in [-0.1, -0.05) is 19.9 Å². The molecule has 1 amide bonds. The van der Waals surface area contributed by atoms with E-state index in [-0.39, 0.29) is 11.0 Å². The Kier molecular flexibility index (Phi) is 5.87. The van der Waals surface area contributed by atoms with Crippen molar-refractivity contribution in [1.29, 1.82) is 0 Å². The van der Waals surface area contributed by atoms with Crippen molar-refractivity contribution in [3.63, 3.8) is 0 Å². The van der Waals surface area contributed by atoms with Crippen molar-refractivity contribution in [2.45, 2.75) is 51.7 Å². The number of aryl methyl sites for hydroxylation is 1. The summed E-state index contributed by atoms with van der Waals surface area (Å²) in [7, 11) is 5.57. The van der Waals surface area contributed by atoms with E-state index in [0.29, 0.717) is 13.1 Å². The van der Waals surface area contributed by atoms with Crippen molar-refractivity contribution in [3.8, 4) is 0 Å². The smallest absolute Gasteiger partial charge is 0.407 e. The van der Waals surface area contributed by atoms with Crippen LogP contribution in [0, 0.1) is 5.41 Å². The molecule has 2 aliphatic rings. The van der Waals surface area contributed by atoms with E-state index in [0.717, 1.165) is 44.5 Å². The highest BCUT2D eigenvalue weighted by Gasteiger charge is 2.45. The first-order valence-corrected chi connectivity index (χ1v) is 10.1. The number of rotatable bonds is 6. The van der Waals surface area contributed by atoms with E-state index in [1.54, 1.807) is 7.05 Å². The standard InChI is InChI=1S/C21H34N4O3/c1-20(2)14-21(28-15-20)8-6-16(7-9-21)18-17(13-25(5)22-18)12-23(3)10-11-24(4)19(26)27/h6,13H,7-12,14-15H2,1-5H3,(H,26,27). The fourth-order valence-corrected chi connectivity index (χ4v) is 4.42. The maximum Gasteiger partial charge on any atom is 0.407 e. The second-order valence-corrected chi connectivity index (χ2v) is 9.36. The summed E-state index contributed by atoms with van der Waals surface area (Å²) in [6, 6.07) is 0. The number of likely N-dealkylation sites (N-methyl/N-ethyl adjacent to an activating group) is 2. The van der Waals surface area contributed by atoms with E-state index in [1.807, 2.05) is 18.8 Å². The molecule has 1 fully saturated rings. The minimum Gasteiger partial charge on any atom is -0.465 e. The molecule has 7 heteroatoms. The molecule has 1 aliphatic carbocycles. The predicted molar refractivity (Wildman–Crippen MR) is 109 cm³/mol. The van der Waals surface area contributed by atoms with Crippen molar-refractivity contribution >= 4 is 11.7 Å². The van der Waals surface area contributed by atoms with Crippen molar-refractivity contribution in [1.82, 2.24) is 19.6 Å². The van der Waals surface area contributed by atoms with E-state index in [9.17, 15) is 4.79 Å². The lowest BCUT2D eigenvalue weighted by Crippen LogP contribution is -2.33. The first kappa shape index (κ1) is 20.9. The van der Waals surface area contributed by atoms with Crippen LogP contribution in [0.2, 0.25) is 0 Å². The second kappa shape index (κ2) is 7.87. The summed E-state index contributed by atoms with van der Waals surface area (Å²) in [5.74, 6) is 0. The quantitative estimate of drug-likeness (QED) is 0.808. The molecule has 1 saturated heterocycles. The van der Waals surface area contributed by atoms with Crippen molar-refractivity contribution in [2.24, 2.45) is 12.5 Å². The van der Waals surface area contributed by atoms with Gasteiger partial charge in [0.2, 0.25) is 0 Å².